The van der Waals surface area contributed by atoms with E-state index in [1.807, 2.05) is 31.2 Å². The number of nitrogens with zero attached hydrogens (tertiary/aromatic N) is 1. The van der Waals surface area contributed by atoms with Crippen molar-refractivity contribution < 1.29 is 18.4 Å². The lowest BCUT2D eigenvalue weighted by Gasteiger charge is -2.09. The van der Waals surface area contributed by atoms with E-state index in [0.29, 0.717) is 16.2 Å². The highest BCUT2D eigenvalue weighted by molar-refractivity contribution is 7.89. The van der Waals surface area contributed by atoms with Crippen molar-refractivity contribution in [3.8, 4) is 11.5 Å². The molecule has 1 heterocycles. The summed E-state index contributed by atoms with van der Waals surface area (Å²) < 4.78 is 33.2. The van der Waals surface area contributed by atoms with Crippen LogP contribution in [0.15, 0.2) is 76.6 Å². The van der Waals surface area contributed by atoms with E-state index in [9.17, 15) is 18.4 Å². The molecule has 0 atom stereocenters. The molecule has 0 saturated carbocycles. The largest absolute Gasteiger partial charge is 0.457 e. The molecule has 0 aliphatic carbocycles. The lowest BCUT2D eigenvalue weighted by molar-refractivity contribution is 0.173. The SMILES string of the molecule is Cc1ccc(Oc2ccc(S(=O)(=O)NCc3cccn(O)c3=O)cc2)cc1. The molecule has 0 fully saturated rings. The number of benzene rings is 2. The van der Waals surface area contributed by atoms with Crippen LogP contribution in [0.3, 0.4) is 0 Å². The van der Waals surface area contributed by atoms with Gasteiger partial charge in [0.05, 0.1) is 4.90 Å². The average Bonchev–Trinajstić information content (AvgIpc) is 2.65. The molecule has 0 radical (unpaired) electrons. The number of pyridine rings is 1. The van der Waals surface area contributed by atoms with Gasteiger partial charge >= 0.3 is 0 Å². The molecule has 2 aromatic carbocycles. The summed E-state index contributed by atoms with van der Waals surface area (Å²) in [5.41, 5.74) is 0.561. The van der Waals surface area contributed by atoms with Crippen LogP contribution in [0.2, 0.25) is 0 Å². The average molecular weight is 386 g/mol. The van der Waals surface area contributed by atoms with Gasteiger partial charge in [0.1, 0.15) is 11.5 Å². The zero-order valence-electron chi connectivity index (χ0n) is 14.5. The summed E-state index contributed by atoms with van der Waals surface area (Å²) >= 11 is 0. The third-order valence-electron chi connectivity index (χ3n) is 3.85. The molecule has 0 aliphatic heterocycles. The van der Waals surface area contributed by atoms with Crippen LogP contribution in [0.25, 0.3) is 0 Å². The Morgan fingerprint density at radius 1 is 1.00 bits per heavy atom. The van der Waals surface area contributed by atoms with E-state index in [1.165, 1.54) is 30.5 Å². The van der Waals surface area contributed by atoms with Crippen molar-refractivity contribution in [3.63, 3.8) is 0 Å². The number of sulfonamides is 1. The number of hydrogen-bond acceptors (Lipinski definition) is 5. The van der Waals surface area contributed by atoms with Crippen LogP contribution >= 0.6 is 0 Å². The second-order valence-electron chi connectivity index (χ2n) is 5.89. The molecule has 3 aromatic rings. The molecule has 0 aliphatic rings. The van der Waals surface area contributed by atoms with E-state index < -0.39 is 15.6 Å². The predicted molar refractivity (Wildman–Crippen MR) is 99.6 cm³/mol. The molecule has 0 unspecified atom stereocenters. The van der Waals surface area contributed by atoms with Crippen LogP contribution < -0.4 is 15.0 Å². The topological polar surface area (TPSA) is 97.6 Å². The minimum Gasteiger partial charge on any atom is -0.457 e. The summed E-state index contributed by atoms with van der Waals surface area (Å²) in [6.07, 6.45) is 1.17. The van der Waals surface area contributed by atoms with E-state index in [2.05, 4.69) is 4.72 Å². The Morgan fingerprint density at radius 3 is 2.22 bits per heavy atom. The van der Waals surface area contributed by atoms with Crippen molar-refractivity contribution in [2.24, 2.45) is 0 Å². The van der Waals surface area contributed by atoms with Gasteiger partial charge in [-0.05, 0) is 49.4 Å². The number of rotatable bonds is 6. The first kappa shape index (κ1) is 18.7. The summed E-state index contributed by atoms with van der Waals surface area (Å²) in [6.45, 7) is 1.74. The molecule has 7 nitrogen and oxygen atoms in total. The van der Waals surface area contributed by atoms with Crippen molar-refractivity contribution in [1.29, 1.82) is 0 Å². The highest BCUT2D eigenvalue weighted by Crippen LogP contribution is 2.23. The van der Waals surface area contributed by atoms with Crippen LogP contribution in [0, 0.1) is 6.92 Å². The minimum absolute atomic E-state index is 0.0408. The number of aromatic nitrogens is 1. The van der Waals surface area contributed by atoms with E-state index in [4.69, 9.17) is 4.74 Å². The normalized spacial score (nSPS) is 11.3. The molecule has 8 heteroatoms. The molecule has 0 saturated heterocycles. The maximum Gasteiger partial charge on any atom is 0.287 e. The van der Waals surface area contributed by atoms with Gasteiger partial charge in [0.15, 0.2) is 0 Å². The molecule has 140 valence electrons. The zero-order valence-corrected chi connectivity index (χ0v) is 15.3. The van der Waals surface area contributed by atoms with Crippen LogP contribution in [0.1, 0.15) is 11.1 Å². The molecule has 0 spiro atoms. The smallest absolute Gasteiger partial charge is 0.287 e. The van der Waals surface area contributed by atoms with Crippen molar-refractivity contribution in [2.45, 2.75) is 18.4 Å². The van der Waals surface area contributed by atoms with Crippen LogP contribution in [0.4, 0.5) is 0 Å². The number of ether oxygens (including phenoxy) is 1. The summed E-state index contributed by atoms with van der Waals surface area (Å²) in [5, 5.41) is 9.33. The number of nitrogens with one attached hydrogen (secondary N) is 1. The first-order valence-electron chi connectivity index (χ1n) is 8.09. The molecule has 0 bridgehead atoms. The number of hydrogen-bond donors (Lipinski definition) is 2. The Morgan fingerprint density at radius 2 is 1.59 bits per heavy atom. The Bertz CT molecular complexity index is 1090. The molecule has 3 rings (SSSR count). The Hall–Kier alpha value is -3.10. The molecule has 0 amide bonds. The maximum atomic E-state index is 12.4. The fourth-order valence-electron chi connectivity index (χ4n) is 2.35. The first-order valence-corrected chi connectivity index (χ1v) is 9.57. The highest BCUT2D eigenvalue weighted by Gasteiger charge is 2.15. The fraction of sp³-hybridized carbons (Fsp3) is 0.105. The predicted octanol–water partition coefficient (Wildman–Crippen LogP) is 2.66. The van der Waals surface area contributed by atoms with Gasteiger partial charge in [0, 0.05) is 18.3 Å². The van der Waals surface area contributed by atoms with Gasteiger partial charge in [-0.25, -0.2) is 13.1 Å². The van der Waals surface area contributed by atoms with E-state index >= 15 is 0 Å². The standard InChI is InChI=1S/C19H18N2O5S/c1-14-4-6-16(7-5-14)26-17-8-10-18(11-9-17)27(24,25)20-13-15-3-2-12-21(23)19(15)22/h2-12,20,23H,13H2,1H3. The third kappa shape index (κ3) is 4.55. The van der Waals surface area contributed by atoms with Crippen molar-refractivity contribution in [2.75, 3.05) is 0 Å². The first-order chi connectivity index (χ1) is 12.8. The lowest BCUT2D eigenvalue weighted by Crippen LogP contribution is -2.29. The van der Waals surface area contributed by atoms with E-state index in [1.54, 1.807) is 12.1 Å². The van der Waals surface area contributed by atoms with E-state index in [-0.39, 0.29) is 17.0 Å². The maximum absolute atomic E-state index is 12.4. The summed E-state index contributed by atoms with van der Waals surface area (Å²) in [6, 6.07) is 16.3. The zero-order chi connectivity index (χ0) is 19.4. The molecular formula is C19H18N2O5S. The van der Waals surface area contributed by atoms with Crippen LogP contribution in [-0.4, -0.2) is 18.4 Å². The van der Waals surface area contributed by atoms with Gasteiger partial charge in [-0.15, -0.1) is 0 Å². The Labute approximate surface area is 156 Å². The van der Waals surface area contributed by atoms with Gasteiger partial charge in [-0.2, -0.15) is 4.73 Å². The van der Waals surface area contributed by atoms with Gasteiger partial charge in [0.25, 0.3) is 5.56 Å². The second kappa shape index (κ2) is 7.65. The monoisotopic (exact) mass is 386 g/mol. The van der Waals surface area contributed by atoms with Crippen molar-refractivity contribution in [1.82, 2.24) is 9.45 Å². The number of aryl methyl sites for hydroxylation is 1. The lowest BCUT2D eigenvalue weighted by atomic mass is 10.2. The third-order valence-corrected chi connectivity index (χ3v) is 5.27. The molecular weight excluding hydrogens is 368 g/mol. The highest BCUT2D eigenvalue weighted by atomic mass is 32.2. The fourth-order valence-corrected chi connectivity index (χ4v) is 3.35. The van der Waals surface area contributed by atoms with Gasteiger partial charge in [-0.3, -0.25) is 4.79 Å². The van der Waals surface area contributed by atoms with Gasteiger partial charge in [-0.1, -0.05) is 23.8 Å². The molecule has 2 N–H and O–H groups in total. The van der Waals surface area contributed by atoms with Gasteiger partial charge < -0.3 is 9.94 Å². The summed E-state index contributed by atoms with van der Waals surface area (Å²) in [5.74, 6) is 1.16. The minimum atomic E-state index is -3.82. The van der Waals surface area contributed by atoms with Crippen molar-refractivity contribution >= 4 is 10.0 Å². The molecule has 27 heavy (non-hydrogen) atoms. The Kier molecular flexibility index (Phi) is 5.29. The Balaban J connectivity index is 1.70. The summed E-state index contributed by atoms with van der Waals surface area (Å²) in [7, 11) is -3.82. The quantitative estimate of drug-likeness (QED) is 0.635. The molecule has 1 aromatic heterocycles. The summed E-state index contributed by atoms with van der Waals surface area (Å²) in [4.78, 5) is 11.8. The van der Waals surface area contributed by atoms with Gasteiger partial charge in [0.2, 0.25) is 10.0 Å². The van der Waals surface area contributed by atoms with E-state index in [0.717, 1.165) is 5.56 Å². The van der Waals surface area contributed by atoms with Crippen molar-refractivity contribution in [3.05, 3.63) is 88.3 Å². The van der Waals surface area contributed by atoms with Crippen LogP contribution in [0.5, 0.6) is 11.5 Å². The second-order valence-corrected chi connectivity index (χ2v) is 7.66. The van der Waals surface area contributed by atoms with Crippen LogP contribution in [-0.2, 0) is 16.6 Å².